The Morgan fingerprint density at radius 2 is 1.85 bits per heavy atom. The summed E-state index contributed by atoms with van der Waals surface area (Å²) >= 11 is 6.07. The summed E-state index contributed by atoms with van der Waals surface area (Å²) in [5, 5.41) is 1.69. The van der Waals surface area contributed by atoms with E-state index in [4.69, 9.17) is 16.6 Å². The Morgan fingerprint density at radius 3 is 2.59 bits per heavy atom. The molecule has 0 spiro atoms. The van der Waals surface area contributed by atoms with Crippen molar-refractivity contribution in [3.8, 4) is 5.75 Å². The summed E-state index contributed by atoms with van der Waals surface area (Å²) in [5.41, 5.74) is 4.12. The van der Waals surface area contributed by atoms with Gasteiger partial charge in [-0.1, -0.05) is 23.7 Å². The second kappa shape index (κ2) is 7.02. The van der Waals surface area contributed by atoms with Gasteiger partial charge in [-0.2, -0.15) is 0 Å². The van der Waals surface area contributed by atoms with E-state index in [1.807, 2.05) is 18.2 Å². The zero-order valence-electron chi connectivity index (χ0n) is 14.3. The van der Waals surface area contributed by atoms with Gasteiger partial charge in [0, 0.05) is 42.2 Å². The molecule has 1 aliphatic heterocycles. The van der Waals surface area contributed by atoms with E-state index in [2.05, 4.69) is 15.7 Å². The maximum atomic E-state index is 12.2. The molecule has 2 aromatic carbocycles. The average molecular weight is 393 g/mol. The highest BCUT2D eigenvalue weighted by Gasteiger charge is 2.31. The summed E-state index contributed by atoms with van der Waals surface area (Å²) in [5.74, 6) is -0.206. The summed E-state index contributed by atoms with van der Waals surface area (Å²) in [6, 6.07) is 13.8. The van der Waals surface area contributed by atoms with E-state index >= 15 is 0 Å². The molecular weight excluding hydrogens is 377 g/mol. The standard InChI is InChI=1S/C20H16ClF3N2O/c21-16-3-6-18-14(10-16)9-15-12-26(8-7-19(15)25-18)11-13-1-4-17(5-2-13)27-20(22,23)24/h1-6,9-10H,7-8,11-12H2. The van der Waals surface area contributed by atoms with Crippen molar-refractivity contribution in [2.45, 2.75) is 25.9 Å². The lowest BCUT2D eigenvalue weighted by Gasteiger charge is -2.28. The van der Waals surface area contributed by atoms with E-state index in [-0.39, 0.29) is 5.75 Å². The van der Waals surface area contributed by atoms with Crippen molar-refractivity contribution in [2.24, 2.45) is 0 Å². The Bertz CT molecular complexity index is 973. The number of hydrogen-bond acceptors (Lipinski definition) is 3. The van der Waals surface area contributed by atoms with Crippen molar-refractivity contribution >= 4 is 22.5 Å². The minimum Gasteiger partial charge on any atom is -0.406 e. The predicted octanol–water partition coefficient (Wildman–Crippen LogP) is 5.35. The number of halogens is 4. The first kappa shape index (κ1) is 18.1. The molecule has 0 N–H and O–H groups in total. The smallest absolute Gasteiger partial charge is 0.406 e. The molecule has 4 rings (SSSR count). The first-order valence-corrected chi connectivity index (χ1v) is 8.89. The van der Waals surface area contributed by atoms with Crippen LogP contribution < -0.4 is 4.74 Å². The van der Waals surface area contributed by atoms with Gasteiger partial charge in [-0.15, -0.1) is 13.2 Å². The second-order valence-corrected chi connectivity index (χ2v) is 7.02. The Balaban J connectivity index is 1.48. The molecule has 0 aliphatic carbocycles. The average Bonchev–Trinajstić information content (AvgIpc) is 2.60. The van der Waals surface area contributed by atoms with Crippen molar-refractivity contribution in [1.29, 1.82) is 0 Å². The van der Waals surface area contributed by atoms with Gasteiger partial charge in [-0.25, -0.2) is 0 Å². The molecule has 2 heterocycles. The van der Waals surface area contributed by atoms with E-state index in [9.17, 15) is 13.2 Å². The molecule has 1 aromatic heterocycles. The van der Waals surface area contributed by atoms with Gasteiger partial charge in [0.2, 0.25) is 0 Å². The predicted molar refractivity (Wildman–Crippen MR) is 97.7 cm³/mol. The molecule has 140 valence electrons. The van der Waals surface area contributed by atoms with E-state index in [0.29, 0.717) is 11.6 Å². The second-order valence-electron chi connectivity index (χ2n) is 6.58. The quantitative estimate of drug-likeness (QED) is 0.601. The summed E-state index contributed by atoms with van der Waals surface area (Å²) in [7, 11) is 0. The van der Waals surface area contributed by atoms with Crippen LogP contribution in [0.4, 0.5) is 13.2 Å². The van der Waals surface area contributed by atoms with Crippen molar-refractivity contribution < 1.29 is 17.9 Å². The third-order valence-corrected chi connectivity index (χ3v) is 4.80. The van der Waals surface area contributed by atoms with Gasteiger partial charge in [-0.05, 0) is 47.5 Å². The number of benzene rings is 2. The molecule has 0 saturated carbocycles. The summed E-state index contributed by atoms with van der Waals surface area (Å²) in [6.45, 7) is 2.24. The normalized spacial score (nSPS) is 15.0. The number of alkyl halides is 3. The summed E-state index contributed by atoms with van der Waals surface area (Å²) in [4.78, 5) is 6.99. The lowest BCUT2D eigenvalue weighted by Crippen LogP contribution is -2.30. The molecular formula is C20H16ClF3N2O. The van der Waals surface area contributed by atoms with Crippen LogP contribution in [0, 0.1) is 0 Å². The van der Waals surface area contributed by atoms with E-state index < -0.39 is 6.36 Å². The molecule has 7 heteroatoms. The maximum absolute atomic E-state index is 12.2. The maximum Gasteiger partial charge on any atom is 0.573 e. The monoisotopic (exact) mass is 392 g/mol. The Hall–Kier alpha value is -2.31. The first-order chi connectivity index (χ1) is 12.9. The lowest BCUT2D eigenvalue weighted by molar-refractivity contribution is -0.274. The fourth-order valence-electron chi connectivity index (χ4n) is 3.36. The molecule has 1 aliphatic rings. The molecule has 0 amide bonds. The fourth-order valence-corrected chi connectivity index (χ4v) is 3.54. The zero-order chi connectivity index (χ0) is 19.0. The molecule has 3 nitrogen and oxygen atoms in total. The van der Waals surface area contributed by atoms with Crippen LogP contribution in [0.3, 0.4) is 0 Å². The highest BCUT2D eigenvalue weighted by molar-refractivity contribution is 6.31. The van der Waals surface area contributed by atoms with Crippen molar-refractivity contribution in [3.05, 3.63) is 70.4 Å². The van der Waals surface area contributed by atoms with Gasteiger partial charge in [0.1, 0.15) is 5.75 Å². The van der Waals surface area contributed by atoms with Crippen LogP contribution in [-0.4, -0.2) is 22.8 Å². The highest BCUT2D eigenvalue weighted by atomic mass is 35.5. The van der Waals surface area contributed by atoms with Gasteiger partial charge < -0.3 is 4.74 Å². The van der Waals surface area contributed by atoms with Gasteiger partial charge in [0.15, 0.2) is 0 Å². The number of ether oxygens (including phenoxy) is 1. The molecule has 0 saturated heterocycles. The van der Waals surface area contributed by atoms with Crippen LogP contribution in [-0.2, 0) is 19.5 Å². The van der Waals surface area contributed by atoms with Crippen LogP contribution in [0.2, 0.25) is 5.02 Å². The van der Waals surface area contributed by atoms with Crippen molar-refractivity contribution in [2.75, 3.05) is 6.54 Å². The fraction of sp³-hybridized carbons (Fsp3) is 0.250. The van der Waals surface area contributed by atoms with Crippen LogP contribution in [0.15, 0.2) is 48.5 Å². The summed E-state index contributed by atoms with van der Waals surface area (Å²) in [6.07, 6.45) is -3.83. The molecule has 0 unspecified atom stereocenters. The van der Waals surface area contributed by atoms with Gasteiger partial charge in [-0.3, -0.25) is 9.88 Å². The highest BCUT2D eigenvalue weighted by Crippen LogP contribution is 2.26. The van der Waals surface area contributed by atoms with Crippen LogP contribution in [0.1, 0.15) is 16.8 Å². The van der Waals surface area contributed by atoms with E-state index in [1.54, 1.807) is 12.1 Å². The van der Waals surface area contributed by atoms with Gasteiger partial charge >= 0.3 is 6.36 Å². The number of rotatable bonds is 3. The minimum absolute atomic E-state index is 0.206. The molecule has 0 radical (unpaired) electrons. The van der Waals surface area contributed by atoms with Gasteiger partial charge in [0.05, 0.1) is 5.52 Å². The molecule has 27 heavy (non-hydrogen) atoms. The molecule has 0 bridgehead atoms. The largest absolute Gasteiger partial charge is 0.573 e. The Kier molecular flexibility index (Phi) is 4.70. The molecule has 0 atom stereocenters. The number of hydrogen-bond donors (Lipinski definition) is 0. The minimum atomic E-state index is -4.67. The lowest BCUT2D eigenvalue weighted by atomic mass is 10.0. The van der Waals surface area contributed by atoms with Crippen LogP contribution in [0.5, 0.6) is 5.75 Å². The third kappa shape index (κ3) is 4.34. The number of nitrogens with zero attached hydrogens (tertiary/aromatic N) is 2. The third-order valence-electron chi connectivity index (χ3n) is 4.57. The number of pyridine rings is 1. The molecule has 3 aromatic rings. The van der Waals surface area contributed by atoms with Crippen LogP contribution in [0.25, 0.3) is 10.9 Å². The number of aromatic nitrogens is 1. The molecule has 0 fully saturated rings. The number of fused-ring (bicyclic) bond motifs is 2. The first-order valence-electron chi connectivity index (χ1n) is 8.51. The van der Waals surface area contributed by atoms with E-state index in [1.165, 1.54) is 12.1 Å². The topological polar surface area (TPSA) is 25.4 Å². The summed E-state index contributed by atoms with van der Waals surface area (Å²) < 4.78 is 40.7. The zero-order valence-corrected chi connectivity index (χ0v) is 15.0. The Morgan fingerprint density at radius 1 is 1.07 bits per heavy atom. The Labute approximate surface area is 159 Å². The van der Waals surface area contributed by atoms with Crippen molar-refractivity contribution in [1.82, 2.24) is 9.88 Å². The SMILES string of the molecule is FC(F)(F)Oc1ccc(CN2CCc3nc4ccc(Cl)cc4cc3C2)cc1. The van der Waals surface area contributed by atoms with Crippen molar-refractivity contribution in [3.63, 3.8) is 0 Å². The van der Waals surface area contributed by atoms with Gasteiger partial charge in [0.25, 0.3) is 0 Å². The van der Waals surface area contributed by atoms with Crippen LogP contribution >= 0.6 is 11.6 Å². The van der Waals surface area contributed by atoms with E-state index in [0.717, 1.165) is 47.2 Å².